The molecule has 1 saturated heterocycles. The molecule has 0 N–H and O–H groups in total. The minimum Gasteiger partial charge on any atom is -0.444 e. The Morgan fingerprint density at radius 3 is 2.83 bits per heavy atom. The number of hydrogen-bond acceptors (Lipinski definition) is 3. The highest BCUT2D eigenvalue weighted by Crippen LogP contribution is 2.43. The molecule has 0 unspecified atom stereocenters. The summed E-state index contributed by atoms with van der Waals surface area (Å²) in [4.78, 5) is 16.8. The van der Waals surface area contributed by atoms with Crippen molar-refractivity contribution in [2.45, 2.75) is 57.7 Å². The zero-order valence-corrected chi connectivity index (χ0v) is 11.2. The highest BCUT2D eigenvalue weighted by molar-refractivity contribution is 5.70. The van der Waals surface area contributed by atoms with E-state index in [-0.39, 0.29) is 18.2 Å². The third kappa shape index (κ3) is 2.53. The lowest BCUT2D eigenvalue weighted by Gasteiger charge is -2.35. The molecule has 1 amide bonds. The lowest BCUT2D eigenvalue weighted by molar-refractivity contribution is 0.00860. The van der Waals surface area contributed by atoms with Crippen LogP contribution in [0.15, 0.2) is 5.11 Å². The summed E-state index contributed by atoms with van der Waals surface area (Å²) in [7, 11) is 0. The van der Waals surface area contributed by atoms with E-state index in [1.807, 2.05) is 20.8 Å². The first-order valence-corrected chi connectivity index (χ1v) is 6.44. The van der Waals surface area contributed by atoms with Gasteiger partial charge in [0.05, 0.1) is 0 Å². The van der Waals surface area contributed by atoms with Crippen molar-refractivity contribution in [2.75, 3.05) is 6.54 Å². The number of likely N-dealkylation sites (tertiary alicyclic amines) is 1. The van der Waals surface area contributed by atoms with Gasteiger partial charge in [0.2, 0.25) is 0 Å². The van der Waals surface area contributed by atoms with Crippen molar-refractivity contribution in [1.82, 2.24) is 4.90 Å². The number of fused-ring (bicyclic) bond motifs is 2. The fourth-order valence-corrected chi connectivity index (χ4v) is 3.05. The number of hydrogen-bond donors (Lipinski definition) is 0. The minimum atomic E-state index is -0.484. The van der Waals surface area contributed by atoms with Crippen LogP contribution in [-0.4, -0.2) is 35.2 Å². The summed E-state index contributed by atoms with van der Waals surface area (Å²) < 4.78 is 5.44. The molecule has 2 fully saturated rings. The summed E-state index contributed by atoms with van der Waals surface area (Å²) >= 11 is 0. The largest absolute Gasteiger partial charge is 0.444 e. The number of amides is 1. The van der Waals surface area contributed by atoms with E-state index in [4.69, 9.17) is 10.3 Å². The molecule has 0 aromatic carbocycles. The maximum atomic E-state index is 12.2. The molecule has 1 heterocycles. The standard InChI is InChI=1S/C12H20N4O2/c1-12(2,3)18-11(17)16-9-5-4-8(6-9)10(16)7-14-15-13/h8-10H,4-7H2,1-3H3/t8-,9+,10+/m1/s1. The van der Waals surface area contributed by atoms with E-state index >= 15 is 0 Å². The fourth-order valence-electron chi connectivity index (χ4n) is 3.05. The van der Waals surface area contributed by atoms with Gasteiger partial charge in [0.15, 0.2) is 0 Å². The summed E-state index contributed by atoms with van der Waals surface area (Å²) in [6.07, 6.45) is 2.91. The van der Waals surface area contributed by atoms with Crippen LogP contribution in [0.3, 0.4) is 0 Å². The predicted octanol–water partition coefficient (Wildman–Crippen LogP) is 3.08. The summed E-state index contributed by atoms with van der Waals surface area (Å²) in [6, 6.07) is 0.290. The molecule has 0 spiro atoms. The second kappa shape index (κ2) is 4.69. The van der Waals surface area contributed by atoms with E-state index in [0.717, 1.165) is 19.3 Å². The molecular weight excluding hydrogens is 232 g/mol. The van der Waals surface area contributed by atoms with Crippen LogP contribution in [-0.2, 0) is 4.74 Å². The Bertz CT molecular complexity index is 384. The van der Waals surface area contributed by atoms with Gasteiger partial charge in [-0.2, -0.15) is 0 Å². The predicted molar refractivity (Wildman–Crippen MR) is 67.0 cm³/mol. The molecule has 18 heavy (non-hydrogen) atoms. The van der Waals surface area contributed by atoms with Crippen LogP contribution in [0.5, 0.6) is 0 Å². The average Bonchev–Trinajstić information content (AvgIpc) is 2.83. The number of carbonyl (C=O) groups is 1. The molecule has 6 heteroatoms. The maximum Gasteiger partial charge on any atom is 0.410 e. The molecular formula is C12H20N4O2. The van der Waals surface area contributed by atoms with E-state index in [1.54, 1.807) is 4.90 Å². The summed E-state index contributed by atoms with van der Waals surface area (Å²) in [6.45, 7) is 5.95. The van der Waals surface area contributed by atoms with Gasteiger partial charge in [0, 0.05) is 23.5 Å². The van der Waals surface area contributed by atoms with Gasteiger partial charge in [-0.15, -0.1) is 0 Å². The van der Waals surface area contributed by atoms with Crippen molar-refractivity contribution in [1.29, 1.82) is 0 Å². The van der Waals surface area contributed by atoms with Crippen molar-refractivity contribution < 1.29 is 9.53 Å². The Morgan fingerprint density at radius 1 is 1.50 bits per heavy atom. The van der Waals surface area contributed by atoms with Crippen LogP contribution in [0.4, 0.5) is 4.79 Å². The second-order valence-corrected chi connectivity index (χ2v) is 6.10. The van der Waals surface area contributed by atoms with Crippen LogP contribution in [0, 0.1) is 5.92 Å². The van der Waals surface area contributed by atoms with Crippen LogP contribution < -0.4 is 0 Å². The molecule has 0 aromatic heterocycles. The zero-order chi connectivity index (χ0) is 13.3. The van der Waals surface area contributed by atoms with Gasteiger partial charge in [0.25, 0.3) is 0 Å². The number of rotatable bonds is 2. The van der Waals surface area contributed by atoms with Gasteiger partial charge in [0.1, 0.15) is 5.60 Å². The molecule has 2 aliphatic rings. The number of azide groups is 1. The number of nitrogens with zero attached hydrogens (tertiary/aromatic N) is 4. The van der Waals surface area contributed by atoms with E-state index in [1.165, 1.54) is 0 Å². The van der Waals surface area contributed by atoms with Gasteiger partial charge < -0.3 is 9.64 Å². The van der Waals surface area contributed by atoms with Gasteiger partial charge in [-0.1, -0.05) is 5.11 Å². The first-order valence-electron chi connectivity index (χ1n) is 6.44. The average molecular weight is 252 g/mol. The van der Waals surface area contributed by atoms with Crippen LogP contribution in [0.25, 0.3) is 10.4 Å². The molecule has 1 aliphatic carbocycles. The molecule has 6 nitrogen and oxygen atoms in total. The highest BCUT2D eigenvalue weighted by Gasteiger charge is 2.48. The van der Waals surface area contributed by atoms with Crippen LogP contribution in [0.2, 0.25) is 0 Å². The van der Waals surface area contributed by atoms with Crippen molar-refractivity contribution in [3.8, 4) is 0 Å². The quantitative estimate of drug-likeness (QED) is 0.430. The number of piperidine rings is 1. The Morgan fingerprint density at radius 2 is 2.22 bits per heavy atom. The van der Waals surface area contributed by atoms with E-state index in [9.17, 15) is 4.79 Å². The molecule has 0 radical (unpaired) electrons. The van der Waals surface area contributed by atoms with Gasteiger partial charge >= 0.3 is 6.09 Å². The van der Waals surface area contributed by atoms with E-state index < -0.39 is 5.60 Å². The third-order valence-corrected chi connectivity index (χ3v) is 3.68. The van der Waals surface area contributed by atoms with E-state index in [2.05, 4.69) is 10.0 Å². The molecule has 3 atom stereocenters. The van der Waals surface area contributed by atoms with Gasteiger partial charge in [-0.25, -0.2) is 4.79 Å². The Hall–Kier alpha value is -1.42. The number of carbonyl (C=O) groups excluding carboxylic acids is 1. The van der Waals surface area contributed by atoms with Gasteiger partial charge in [-0.05, 0) is 51.5 Å². The summed E-state index contributed by atoms with van der Waals surface area (Å²) in [5, 5.41) is 3.63. The third-order valence-electron chi connectivity index (χ3n) is 3.68. The first kappa shape index (κ1) is 13.0. The normalized spacial score (nSPS) is 30.2. The molecule has 100 valence electrons. The molecule has 1 saturated carbocycles. The van der Waals surface area contributed by atoms with Gasteiger partial charge in [-0.3, -0.25) is 0 Å². The highest BCUT2D eigenvalue weighted by atomic mass is 16.6. The minimum absolute atomic E-state index is 0.0227. The zero-order valence-electron chi connectivity index (χ0n) is 11.2. The van der Waals surface area contributed by atoms with Crippen molar-refractivity contribution in [3.63, 3.8) is 0 Å². The Labute approximate surface area is 107 Å². The summed E-state index contributed by atoms with van der Waals surface area (Å²) in [5.74, 6) is 0.466. The fraction of sp³-hybridized carbons (Fsp3) is 0.917. The Balaban J connectivity index is 2.09. The SMILES string of the molecule is CC(C)(C)OC(=O)N1[C@H]2CC[C@H](C2)[C@@H]1CN=[N+]=[N-]. The summed E-state index contributed by atoms with van der Waals surface area (Å²) in [5.41, 5.74) is 7.95. The second-order valence-electron chi connectivity index (χ2n) is 6.10. The lowest BCUT2D eigenvalue weighted by Crippen LogP contribution is -2.48. The van der Waals surface area contributed by atoms with Crippen molar-refractivity contribution >= 4 is 6.09 Å². The smallest absolute Gasteiger partial charge is 0.410 e. The van der Waals surface area contributed by atoms with Crippen molar-refractivity contribution in [2.24, 2.45) is 11.0 Å². The molecule has 2 rings (SSSR count). The Kier molecular flexibility index (Phi) is 3.39. The molecule has 2 bridgehead atoms. The molecule has 0 aromatic rings. The monoisotopic (exact) mass is 252 g/mol. The topological polar surface area (TPSA) is 78.3 Å². The van der Waals surface area contributed by atoms with E-state index in [0.29, 0.717) is 12.5 Å². The lowest BCUT2D eigenvalue weighted by atomic mass is 9.99. The number of ether oxygens (including phenoxy) is 1. The van der Waals surface area contributed by atoms with Crippen molar-refractivity contribution in [3.05, 3.63) is 10.4 Å². The maximum absolute atomic E-state index is 12.2. The first-order chi connectivity index (χ1) is 8.42. The van der Waals surface area contributed by atoms with Crippen LogP contribution in [0.1, 0.15) is 40.0 Å². The molecule has 1 aliphatic heterocycles. The van der Waals surface area contributed by atoms with Crippen LogP contribution >= 0.6 is 0 Å².